The number of halogens is 2. The Morgan fingerprint density at radius 3 is 2.30 bits per heavy atom. The number of carbonyl (C=O) groups is 1. The fourth-order valence-corrected chi connectivity index (χ4v) is 3.23. The van der Waals surface area contributed by atoms with Crippen LogP contribution < -0.4 is 5.32 Å². The fourth-order valence-electron chi connectivity index (χ4n) is 2.97. The Kier molecular flexibility index (Phi) is 5.72. The molecule has 150 valence electrons. The monoisotopic (exact) mass is 464 g/mol. The highest BCUT2D eigenvalue weighted by atomic mass is 79.9. The minimum atomic E-state index is -0.418. The molecule has 5 nitrogen and oxygen atoms in total. The molecular weight excluding hydrogens is 447 g/mol. The summed E-state index contributed by atoms with van der Waals surface area (Å²) in [6, 6.07) is 21.0. The van der Waals surface area contributed by atoms with Gasteiger partial charge >= 0.3 is 0 Å². The van der Waals surface area contributed by atoms with Crippen molar-refractivity contribution in [2.75, 3.05) is 5.32 Å². The zero-order valence-corrected chi connectivity index (χ0v) is 17.7. The van der Waals surface area contributed by atoms with Crippen LogP contribution in [0.4, 0.5) is 10.1 Å². The summed E-state index contributed by atoms with van der Waals surface area (Å²) in [6.07, 6.45) is 0.925. The van der Waals surface area contributed by atoms with E-state index in [9.17, 15) is 9.18 Å². The lowest BCUT2D eigenvalue weighted by Crippen LogP contribution is -2.14. The van der Waals surface area contributed by atoms with Crippen LogP contribution in [0.5, 0.6) is 0 Å². The zero-order chi connectivity index (χ0) is 21.1. The molecule has 0 aliphatic heterocycles. The Morgan fingerprint density at radius 2 is 1.67 bits per heavy atom. The molecule has 7 heteroatoms. The van der Waals surface area contributed by atoms with Gasteiger partial charge in [0, 0.05) is 15.7 Å². The number of rotatable bonds is 5. The highest BCUT2D eigenvalue weighted by Gasteiger charge is 2.19. The van der Waals surface area contributed by atoms with Gasteiger partial charge in [0.05, 0.1) is 5.69 Å². The number of nitrogens with one attached hydrogen (secondary N) is 1. The number of benzene rings is 3. The Balaban J connectivity index is 1.71. The van der Waals surface area contributed by atoms with Gasteiger partial charge < -0.3 is 5.32 Å². The summed E-state index contributed by atoms with van der Waals surface area (Å²) in [5.41, 5.74) is 3.24. The molecule has 4 rings (SSSR count). The Morgan fingerprint density at radius 1 is 1.00 bits per heavy atom. The first-order chi connectivity index (χ1) is 14.5. The Bertz CT molecular complexity index is 1110. The highest BCUT2D eigenvalue weighted by molar-refractivity contribution is 9.10. The molecule has 1 aromatic heterocycles. The third-order valence-electron chi connectivity index (χ3n) is 4.60. The van der Waals surface area contributed by atoms with E-state index < -0.39 is 5.91 Å². The quantitative estimate of drug-likeness (QED) is 0.415. The standard InChI is InChI=1S/C23H18BrFN4O/c1-2-15-3-11-19(12-4-15)26-23(30)21-27-22(16-5-7-17(24)8-6-16)29(28-21)20-13-9-18(25)10-14-20/h3-14H,2H2,1H3,(H,26,30). The molecule has 0 fully saturated rings. The molecule has 0 saturated heterocycles. The first kappa shape index (κ1) is 20.0. The zero-order valence-electron chi connectivity index (χ0n) is 16.1. The molecule has 0 radical (unpaired) electrons. The molecule has 0 aliphatic carbocycles. The van der Waals surface area contributed by atoms with Crippen molar-refractivity contribution in [3.63, 3.8) is 0 Å². The van der Waals surface area contributed by atoms with Gasteiger partial charge in [0.2, 0.25) is 5.82 Å². The van der Waals surface area contributed by atoms with Crippen LogP contribution in [-0.4, -0.2) is 20.7 Å². The Labute approximate surface area is 181 Å². The van der Waals surface area contributed by atoms with E-state index in [1.54, 1.807) is 12.1 Å². The predicted molar refractivity (Wildman–Crippen MR) is 118 cm³/mol. The van der Waals surface area contributed by atoms with Crippen LogP contribution in [0, 0.1) is 5.82 Å². The van der Waals surface area contributed by atoms with Crippen molar-refractivity contribution in [2.24, 2.45) is 0 Å². The maximum Gasteiger partial charge on any atom is 0.295 e. The normalized spacial score (nSPS) is 10.8. The number of carbonyl (C=O) groups excluding carboxylic acids is 1. The molecule has 0 spiro atoms. The summed E-state index contributed by atoms with van der Waals surface area (Å²) < 4.78 is 15.8. The van der Waals surface area contributed by atoms with Gasteiger partial charge in [0.1, 0.15) is 5.82 Å². The third-order valence-corrected chi connectivity index (χ3v) is 5.13. The van der Waals surface area contributed by atoms with Gasteiger partial charge in [-0.25, -0.2) is 14.1 Å². The van der Waals surface area contributed by atoms with E-state index in [4.69, 9.17) is 0 Å². The number of aromatic nitrogens is 3. The molecule has 0 atom stereocenters. The number of hydrogen-bond acceptors (Lipinski definition) is 3. The van der Waals surface area contributed by atoms with Gasteiger partial charge in [0.25, 0.3) is 5.91 Å². The molecule has 0 bridgehead atoms. The SMILES string of the molecule is CCc1ccc(NC(=O)c2nc(-c3ccc(Br)cc3)n(-c3ccc(F)cc3)n2)cc1. The van der Waals surface area contributed by atoms with Crippen molar-refractivity contribution in [1.29, 1.82) is 0 Å². The van der Waals surface area contributed by atoms with Crippen LogP contribution in [0.1, 0.15) is 23.1 Å². The smallest absolute Gasteiger partial charge is 0.295 e. The Hall–Kier alpha value is -3.32. The van der Waals surface area contributed by atoms with E-state index in [-0.39, 0.29) is 11.6 Å². The van der Waals surface area contributed by atoms with E-state index in [0.717, 1.165) is 16.5 Å². The van der Waals surface area contributed by atoms with Gasteiger partial charge in [-0.1, -0.05) is 47.1 Å². The average molecular weight is 465 g/mol. The van der Waals surface area contributed by atoms with E-state index in [1.807, 2.05) is 48.5 Å². The molecular formula is C23H18BrFN4O. The van der Waals surface area contributed by atoms with Crippen LogP contribution >= 0.6 is 15.9 Å². The summed E-state index contributed by atoms with van der Waals surface area (Å²) in [7, 11) is 0. The molecule has 3 aromatic carbocycles. The van der Waals surface area contributed by atoms with Gasteiger partial charge in [-0.3, -0.25) is 4.79 Å². The van der Waals surface area contributed by atoms with Gasteiger partial charge in [-0.2, -0.15) is 0 Å². The first-order valence-electron chi connectivity index (χ1n) is 9.42. The summed E-state index contributed by atoms with van der Waals surface area (Å²) in [5, 5.41) is 7.22. The fraction of sp³-hybridized carbons (Fsp3) is 0.0870. The van der Waals surface area contributed by atoms with Crippen molar-refractivity contribution in [2.45, 2.75) is 13.3 Å². The number of hydrogen-bond donors (Lipinski definition) is 1. The van der Waals surface area contributed by atoms with E-state index >= 15 is 0 Å². The summed E-state index contributed by atoms with van der Waals surface area (Å²) >= 11 is 3.42. The maximum absolute atomic E-state index is 13.4. The maximum atomic E-state index is 13.4. The molecule has 0 unspecified atom stereocenters. The molecule has 30 heavy (non-hydrogen) atoms. The van der Waals surface area contributed by atoms with Crippen molar-refractivity contribution in [3.05, 3.63) is 94.5 Å². The molecule has 0 saturated carbocycles. The summed E-state index contributed by atoms with van der Waals surface area (Å²) in [6.45, 7) is 2.07. The topological polar surface area (TPSA) is 59.8 Å². The van der Waals surface area contributed by atoms with Crippen molar-refractivity contribution >= 4 is 27.5 Å². The largest absolute Gasteiger partial charge is 0.319 e. The number of anilines is 1. The van der Waals surface area contributed by atoms with Crippen LogP contribution in [0.25, 0.3) is 17.1 Å². The lowest BCUT2D eigenvalue weighted by Gasteiger charge is -2.06. The molecule has 1 heterocycles. The van der Waals surface area contributed by atoms with Gasteiger partial charge in [-0.15, -0.1) is 5.10 Å². The second-order valence-electron chi connectivity index (χ2n) is 6.66. The number of amides is 1. The second kappa shape index (κ2) is 8.59. The van der Waals surface area contributed by atoms with Crippen LogP contribution in [0.2, 0.25) is 0 Å². The van der Waals surface area contributed by atoms with E-state index in [0.29, 0.717) is 17.2 Å². The first-order valence-corrected chi connectivity index (χ1v) is 10.2. The van der Waals surface area contributed by atoms with Crippen LogP contribution in [0.15, 0.2) is 77.3 Å². The van der Waals surface area contributed by atoms with Gasteiger partial charge in [-0.05, 0) is 60.5 Å². The predicted octanol–water partition coefficient (Wildman–Crippen LogP) is 5.65. The number of nitrogens with zero attached hydrogens (tertiary/aromatic N) is 3. The van der Waals surface area contributed by atoms with Crippen molar-refractivity contribution < 1.29 is 9.18 Å². The van der Waals surface area contributed by atoms with E-state index in [1.165, 1.54) is 22.4 Å². The number of aryl methyl sites for hydroxylation is 1. The van der Waals surface area contributed by atoms with Crippen LogP contribution in [-0.2, 0) is 6.42 Å². The average Bonchev–Trinajstić information content (AvgIpc) is 3.21. The third kappa shape index (κ3) is 4.31. The second-order valence-corrected chi connectivity index (χ2v) is 7.57. The lowest BCUT2D eigenvalue weighted by atomic mass is 10.1. The molecule has 1 N–H and O–H groups in total. The van der Waals surface area contributed by atoms with Gasteiger partial charge in [0.15, 0.2) is 5.82 Å². The molecule has 0 aliphatic rings. The van der Waals surface area contributed by atoms with E-state index in [2.05, 4.69) is 38.3 Å². The molecule has 4 aromatic rings. The minimum Gasteiger partial charge on any atom is -0.319 e. The van der Waals surface area contributed by atoms with Crippen molar-refractivity contribution in [3.8, 4) is 17.1 Å². The lowest BCUT2D eigenvalue weighted by molar-refractivity contribution is 0.101. The molecule has 1 amide bonds. The summed E-state index contributed by atoms with van der Waals surface area (Å²) in [5.74, 6) is -0.256. The minimum absolute atomic E-state index is 0.0248. The highest BCUT2D eigenvalue weighted by Crippen LogP contribution is 2.24. The van der Waals surface area contributed by atoms with Crippen molar-refractivity contribution in [1.82, 2.24) is 14.8 Å². The van der Waals surface area contributed by atoms with Crippen LogP contribution in [0.3, 0.4) is 0 Å². The summed E-state index contributed by atoms with van der Waals surface area (Å²) in [4.78, 5) is 17.3.